The molecular formula is C21H37IN2+2. The lowest BCUT2D eigenvalue weighted by molar-refractivity contribution is -1.01. The zero-order chi connectivity index (χ0) is 18.6. The van der Waals surface area contributed by atoms with Crippen LogP contribution in [0.2, 0.25) is 0 Å². The van der Waals surface area contributed by atoms with E-state index in [2.05, 4.69) is 97.3 Å². The van der Waals surface area contributed by atoms with Gasteiger partial charge >= 0.3 is 0 Å². The minimum atomic E-state index is 0.194. The highest BCUT2D eigenvalue weighted by atomic mass is 127. The van der Waals surface area contributed by atoms with Gasteiger partial charge in [-0.3, -0.25) is 0 Å². The second-order valence-electron chi connectivity index (χ2n) is 9.39. The van der Waals surface area contributed by atoms with Gasteiger partial charge in [-0.2, -0.15) is 4.59 Å². The minimum absolute atomic E-state index is 0.194. The molecule has 1 saturated heterocycles. The molecule has 1 aromatic rings. The summed E-state index contributed by atoms with van der Waals surface area (Å²) in [6.07, 6.45) is 3.88. The van der Waals surface area contributed by atoms with Crippen LogP contribution in [0.4, 0.5) is 5.69 Å². The van der Waals surface area contributed by atoms with Crippen molar-refractivity contribution in [2.24, 2.45) is 0 Å². The Bertz CT molecular complexity index is 599. The van der Waals surface area contributed by atoms with Gasteiger partial charge in [0.15, 0.2) is 5.69 Å². The number of benzene rings is 1. The summed E-state index contributed by atoms with van der Waals surface area (Å²) in [4.78, 5) is 0. The van der Waals surface area contributed by atoms with Crippen molar-refractivity contribution < 1.29 is 4.59 Å². The first-order valence-corrected chi connectivity index (χ1v) is 10.4. The van der Waals surface area contributed by atoms with Crippen LogP contribution < -0.4 is 4.59 Å². The van der Waals surface area contributed by atoms with Gasteiger partial charge in [0.1, 0.15) is 31.7 Å². The number of hydrogen-bond donors (Lipinski definition) is 0. The molecule has 0 aliphatic carbocycles. The second-order valence-corrected chi connectivity index (χ2v) is 10.6. The van der Waals surface area contributed by atoms with Crippen LogP contribution in [0.5, 0.6) is 0 Å². The molecule has 0 aromatic heterocycles. The average Bonchev–Trinajstić information content (AvgIpc) is 2.45. The summed E-state index contributed by atoms with van der Waals surface area (Å²) in [5.74, 6) is 0. The summed E-state index contributed by atoms with van der Waals surface area (Å²) in [7, 11) is 4.87. The molecule has 1 fully saturated rings. The molecule has 1 aliphatic heterocycles. The normalized spacial score (nSPS) is 22.4. The Morgan fingerprint density at radius 3 is 2.00 bits per heavy atom. The smallest absolute Gasteiger partial charge is 0.170 e. The first kappa shape index (κ1) is 20.2. The molecule has 1 aromatic carbocycles. The van der Waals surface area contributed by atoms with Crippen molar-refractivity contribution in [3.63, 3.8) is 0 Å². The van der Waals surface area contributed by atoms with Crippen LogP contribution in [0.15, 0.2) is 12.1 Å². The van der Waals surface area contributed by atoms with E-state index in [1.807, 2.05) is 0 Å². The van der Waals surface area contributed by atoms with Gasteiger partial charge in [-0.1, -0.05) is 6.07 Å². The molecule has 0 unspecified atom stereocenters. The van der Waals surface area contributed by atoms with Crippen molar-refractivity contribution in [2.75, 3.05) is 20.6 Å². The molecule has 136 valence electrons. The molecule has 0 spiro atoms. The molecule has 0 atom stereocenters. The van der Waals surface area contributed by atoms with Crippen LogP contribution in [0.1, 0.15) is 65.0 Å². The van der Waals surface area contributed by atoms with E-state index in [0.29, 0.717) is 0 Å². The predicted octanol–water partition coefficient (Wildman–Crippen LogP) is 5.97. The zero-order valence-corrected chi connectivity index (χ0v) is 19.4. The van der Waals surface area contributed by atoms with E-state index in [1.165, 1.54) is 34.0 Å². The molecule has 0 radical (unpaired) electrons. The Kier molecular flexibility index (Phi) is 5.25. The van der Waals surface area contributed by atoms with Crippen LogP contribution in [-0.4, -0.2) is 36.3 Å². The van der Waals surface area contributed by atoms with Crippen LogP contribution >= 0.6 is 22.6 Å². The van der Waals surface area contributed by atoms with E-state index >= 15 is 0 Å². The zero-order valence-electron chi connectivity index (χ0n) is 17.3. The molecule has 2 nitrogen and oxygen atoms in total. The monoisotopic (exact) mass is 444 g/mol. The van der Waals surface area contributed by atoms with Gasteiger partial charge in [0.05, 0.1) is 3.57 Å². The molecule has 0 bridgehead atoms. The number of piperidine rings is 1. The van der Waals surface area contributed by atoms with Crippen molar-refractivity contribution in [1.29, 1.82) is 0 Å². The Hall–Kier alpha value is -0.130. The van der Waals surface area contributed by atoms with Gasteiger partial charge in [-0.05, 0) is 89.1 Å². The highest BCUT2D eigenvalue weighted by Gasteiger charge is 2.68. The predicted molar refractivity (Wildman–Crippen MR) is 115 cm³/mol. The van der Waals surface area contributed by atoms with Gasteiger partial charge in [0, 0.05) is 18.4 Å². The number of nitrogens with zero attached hydrogens (tertiary/aromatic N) is 2. The Labute approximate surface area is 163 Å². The first-order valence-electron chi connectivity index (χ1n) is 9.35. The van der Waals surface area contributed by atoms with E-state index in [1.54, 1.807) is 5.69 Å². The van der Waals surface area contributed by atoms with E-state index in [4.69, 9.17) is 0 Å². The highest BCUT2D eigenvalue weighted by molar-refractivity contribution is 14.1. The average molecular weight is 444 g/mol. The van der Waals surface area contributed by atoms with E-state index in [-0.39, 0.29) is 11.1 Å². The quantitative estimate of drug-likeness (QED) is 0.398. The molecule has 1 heterocycles. The van der Waals surface area contributed by atoms with E-state index in [9.17, 15) is 0 Å². The van der Waals surface area contributed by atoms with Gasteiger partial charge in [-0.15, -0.1) is 4.59 Å². The van der Waals surface area contributed by atoms with E-state index < -0.39 is 0 Å². The molecule has 0 amide bonds. The maximum atomic E-state index is 2.58. The van der Waals surface area contributed by atoms with Gasteiger partial charge in [-0.25, -0.2) is 0 Å². The van der Waals surface area contributed by atoms with Crippen LogP contribution in [-0.2, 0) is 0 Å². The van der Waals surface area contributed by atoms with Crippen molar-refractivity contribution >= 4 is 28.3 Å². The van der Waals surface area contributed by atoms with Crippen molar-refractivity contribution in [3.05, 3.63) is 26.8 Å². The SMILES string of the molecule is CC[N+](C)(C)[N+]1(c2c(I)ccc(C)c2C)C(C)(C)CCCC1(C)C. The summed E-state index contributed by atoms with van der Waals surface area (Å²) in [5.41, 5.74) is 4.83. The molecule has 24 heavy (non-hydrogen) atoms. The second kappa shape index (κ2) is 6.24. The van der Waals surface area contributed by atoms with Crippen LogP contribution in [0, 0.1) is 17.4 Å². The topological polar surface area (TPSA) is 0 Å². The van der Waals surface area contributed by atoms with Crippen LogP contribution in [0.3, 0.4) is 0 Å². The fourth-order valence-corrected chi connectivity index (χ4v) is 6.75. The molecule has 2 rings (SSSR count). The largest absolute Gasteiger partial charge is 0.197 e. The highest BCUT2D eigenvalue weighted by Crippen LogP contribution is 2.55. The lowest BCUT2D eigenvalue weighted by Crippen LogP contribution is -2.86. The molecule has 3 heteroatoms. The summed E-state index contributed by atoms with van der Waals surface area (Å²) in [6, 6.07) is 4.61. The maximum absolute atomic E-state index is 2.58. The fourth-order valence-electron chi connectivity index (χ4n) is 5.82. The number of halogens is 1. The third kappa shape index (κ3) is 2.57. The van der Waals surface area contributed by atoms with Crippen molar-refractivity contribution in [1.82, 2.24) is 4.59 Å². The van der Waals surface area contributed by atoms with Crippen LogP contribution in [0.25, 0.3) is 0 Å². The summed E-state index contributed by atoms with van der Waals surface area (Å²) in [5, 5.41) is 0. The fraction of sp³-hybridized carbons (Fsp3) is 0.714. The van der Waals surface area contributed by atoms with E-state index in [0.717, 1.165) is 15.7 Å². The first-order chi connectivity index (χ1) is 10.9. The number of hydrogen-bond acceptors (Lipinski definition) is 0. The number of quaternary nitrogens is 2. The minimum Gasteiger partial charge on any atom is -0.170 e. The summed E-state index contributed by atoms with van der Waals surface area (Å²) in [6.45, 7) is 18.1. The van der Waals surface area contributed by atoms with Crippen molar-refractivity contribution in [3.8, 4) is 0 Å². The lowest BCUT2D eigenvalue weighted by atomic mass is 9.76. The summed E-state index contributed by atoms with van der Waals surface area (Å²) < 4.78 is 3.43. The number of aryl methyl sites for hydroxylation is 1. The Morgan fingerprint density at radius 1 is 1.04 bits per heavy atom. The summed E-state index contributed by atoms with van der Waals surface area (Å²) >= 11 is 2.58. The molecule has 0 saturated carbocycles. The van der Waals surface area contributed by atoms with Gasteiger partial charge in [0.2, 0.25) is 0 Å². The van der Waals surface area contributed by atoms with Gasteiger partial charge in [0.25, 0.3) is 0 Å². The van der Waals surface area contributed by atoms with Crippen molar-refractivity contribution in [2.45, 2.75) is 78.8 Å². The number of rotatable bonds is 3. The standard InChI is InChI=1S/C21H37IN2/c1-10-23(8,9)24(19-17(3)16(2)12-13-18(19)22)20(4,5)14-11-15-21(24,6)7/h12-13H,10-11,14-15H2,1-9H3/q+2. The lowest BCUT2D eigenvalue weighted by Gasteiger charge is -2.65. The molecule has 1 aliphatic rings. The van der Waals surface area contributed by atoms with Gasteiger partial charge < -0.3 is 0 Å². The molecule has 0 N–H and O–H groups in total. The Balaban J connectivity index is 3.02. The molecular weight excluding hydrogens is 407 g/mol. The third-order valence-corrected chi connectivity index (χ3v) is 7.76. The maximum Gasteiger partial charge on any atom is 0.197 e. The Morgan fingerprint density at radius 2 is 1.54 bits per heavy atom. The third-order valence-electron chi connectivity index (χ3n) is 6.89.